The lowest BCUT2D eigenvalue weighted by Crippen LogP contribution is -2.61. The van der Waals surface area contributed by atoms with Gasteiger partial charge < -0.3 is 14.0 Å². The molecule has 0 N–H and O–H groups in total. The van der Waals surface area contributed by atoms with Gasteiger partial charge in [-0.3, -0.25) is 14.5 Å². The number of hydrogen-bond donors (Lipinski definition) is 0. The van der Waals surface area contributed by atoms with E-state index < -0.39 is 0 Å². The smallest absolute Gasteiger partial charge is 0.308 e. The fourth-order valence-corrected chi connectivity index (χ4v) is 11.8. The molecular formula is C36H61N2O4+. The maximum atomic E-state index is 12.9. The maximum Gasteiger partial charge on any atom is 0.308 e. The molecule has 6 rings (SSSR count). The molecule has 2 saturated heterocycles. The number of likely N-dealkylation sites (tertiary alicyclic amines) is 2. The molecule has 6 fully saturated rings. The number of ether oxygens (including phenoxy) is 2. The maximum absolute atomic E-state index is 12.9. The second kappa shape index (κ2) is 11.7. The molecule has 0 aromatic rings. The van der Waals surface area contributed by atoms with Crippen LogP contribution in [0.5, 0.6) is 0 Å². The second-order valence-electron chi connectivity index (χ2n) is 16.8. The molecule has 0 aromatic heterocycles. The normalized spacial score (nSPS) is 45.4. The van der Waals surface area contributed by atoms with E-state index in [-0.39, 0.29) is 40.9 Å². The number of quaternary nitrogens is 1. The summed E-state index contributed by atoms with van der Waals surface area (Å²) < 4.78 is 13.8. The van der Waals surface area contributed by atoms with Gasteiger partial charge in [0.2, 0.25) is 0 Å². The number of esters is 2. The highest BCUT2D eigenvalue weighted by Gasteiger charge is 2.67. The molecule has 6 aliphatic rings. The largest absolute Gasteiger partial charge is 0.460 e. The third kappa shape index (κ3) is 5.26. The summed E-state index contributed by atoms with van der Waals surface area (Å²) >= 11 is 0. The van der Waals surface area contributed by atoms with Crippen LogP contribution in [0.1, 0.15) is 118 Å². The molecule has 0 spiro atoms. The minimum atomic E-state index is -0.0908. The minimum Gasteiger partial charge on any atom is -0.460 e. The monoisotopic (exact) mass is 585 g/mol. The molecule has 6 heteroatoms. The van der Waals surface area contributed by atoms with E-state index in [1.165, 1.54) is 90.1 Å². The van der Waals surface area contributed by atoms with Gasteiger partial charge in [-0.1, -0.05) is 34.1 Å². The van der Waals surface area contributed by atoms with E-state index in [0.717, 1.165) is 24.0 Å². The highest BCUT2D eigenvalue weighted by atomic mass is 16.5. The highest BCUT2D eigenvalue weighted by molar-refractivity contribution is 5.71. The first-order valence-electron chi connectivity index (χ1n) is 17.9. The van der Waals surface area contributed by atoms with Gasteiger partial charge in [-0.15, -0.1) is 0 Å². The fourth-order valence-electron chi connectivity index (χ4n) is 11.8. The Hall–Kier alpha value is -1.14. The zero-order chi connectivity index (χ0) is 29.9. The number of hydrogen-bond acceptors (Lipinski definition) is 5. The number of likely N-dealkylation sites (N-methyl/N-ethyl adjacent to an activating group) is 1. The first kappa shape index (κ1) is 30.9. The molecule has 2 aliphatic heterocycles. The van der Waals surface area contributed by atoms with Crippen molar-refractivity contribution in [2.75, 3.05) is 33.2 Å². The summed E-state index contributed by atoms with van der Waals surface area (Å²) in [6.07, 6.45) is 16.3. The Morgan fingerprint density at radius 2 is 1.55 bits per heavy atom. The topological polar surface area (TPSA) is 55.8 Å². The van der Waals surface area contributed by atoms with Gasteiger partial charge >= 0.3 is 11.9 Å². The Balaban J connectivity index is 1.28. The molecule has 0 radical (unpaired) electrons. The third-order valence-corrected chi connectivity index (χ3v) is 14.1. The van der Waals surface area contributed by atoms with Gasteiger partial charge in [0.15, 0.2) is 6.10 Å². The molecule has 4 saturated carbocycles. The Kier molecular flexibility index (Phi) is 8.57. The molecule has 0 amide bonds. The number of nitrogens with zero attached hydrogens (tertiary/aromatic N) is 2. The van der Waals surface area contributed by atoms with Gasteiger partial charge in [-0.2, -0.15) is 0 Å². The molecule has 238 valence electrons. The zero-order valence-electron chi connectivity index (χ0n) is 27.7. The predicted octanol–water partition coefficient (Wildman–Crippen LogP) is 6.60. The van der Waals surface area contributed by atoms with Crippen LogP contribution in [0.3, 0.4) is 0 Å². The molecule has 4 aliphatic carbocycles. The van der Waals surface area contributed by atoms with Gasteiger partial charge in [0.1, 0.15) is 12.1 Å². The summed E-state index contributed by atoms with van der Waals surface area (Å²) in [7, 11) is 2.47. The van der Waals surface area contributed by atoms with E-state index >= 15 is 0 Å². The van der Waals surface area contributed by atoms with Crippen LogP contribution < -0.4 is 0 Å². The van der Waals surface area contributed by atoms with E-state index in [9.17, 15) is 9.59 Å². The van der Waals surface area contributed by atoms with Gasteiger partial charge in [-0.05, 0) is 113 Å². The van der Waals surface area contributed by atoms with Crippen LogP contribution in [-0.4, -0.2) is 78.8 Å². The van der Waals surface area contributed by atoms with Crippen LogP contribution in [0.25, 0.3) is 0 Å². The summed E-state index contributed by atoms with van der Waals surface area (Å²) in [5.41, 5.74) is 0.362. The van der Waals surface area contributed by atoms with Crippen LogP contribution >= 0.6 is 0 Å². The van der Waals surface area contributed by atoms with E-state index in [2.05, 4.69) is 25.8 Å². The average molecular weight is 586 g/mol. The SMILES string of the molecule is CC(=O)O[C@H]1[C@@H]([N+]2(C)CCCCC2)CC2C3CC[C@H]4C[C@H](OC(=O)C(C)C)[C@@H](N5CCCCC5)C[C@]4(C)C3CC[C@@]21C. The Morgan fingerprint density at radius 3 is 2.21 bits per heavy atom. The molecule has 2 heterocycles. The second-order valence-corrected chi connectivity index (χ2v) is 16.8. The van der Waals surface area contributed by atoms with Gasteiger partial charge in [0, 0.05) is 24.8 Å². The Labute approximate surface area is 256 Å². The molecule has 0 bridgehead atoms. The van der Waals surface area contributed by atoms with E-state index in [1.807, 2.05) is 13.8 Å². The summed E-state index contributed by atoms with van der Waals surface area (Å²) in [5.74, 6) is 2.50. The van der Waals surface area contributed by atoms with Crippen LogP contribution in [-0.2, 0) is 19.1 Å². The first-order valence-corrected chi connectivity index (χ1v) is 17.9. The van der Waals surface area contributed by atoms with Crippen molar-refractivity contribution in [1.29, 1.82) is 0 Å². The van der Waals surface area contributed by atoms with Gasteiger partial charge in [0.25, 0.3) is 0 Å². The summed E-state index contributed by atoms with van der Waals surface area (Å²) in [6.45, 7) is 15.5. The zero-order valence-corrected chi connectivity index (χ0v) is 27.7. The van der Waals surface area contributed by atoms with Crippen LogP contribution in [0.2, 0.25) is 0 Å². The quantitative estimate of drug-likeness (QED) is 0.269. The van der Waals surface area contributed by atoms with Crippen molar-refractivity contribution in [3.63, 3.8) is 0 Å². The summed E-state index contributed by atoms with van der Waals surface area (Å²) in [5, 5.41) is 0. The third-order valence-electron chi connectivity index (χ3n) is 14.1. The van der Waals surface area contributed by atoms with E-state index in [4.69, 9.17) is 9.47 Å². The molecule has 3 unspecified atom stereocenters. The lowest BCUT2D eigenvalue weighted by atomic mass is 9.44. The fraction of sp³-hybridized carbons (Fsp3) is 0.944. The molecule has 6 nitrogen and oxygen atoms in total. The molecular weight excluding hydrogens is 524 g/mol. The van der Waals surface area contributed by atoms with Gasteiger partial charge in [0.05, 0.1) is 26.1 Å². The number of rotatable bonds is 5. The molecule has 10 atom stereocenters. The van der Waals surface area contributed by atoms with Crippen molar-refractivity contribution in [2.24, 2.45) is 40.4 Å². The lowest BCUT2D eigenvalue weighted by Gasteiger charge is -2.62. The predicted molar refractivity (Wildman–Crippen MR) is 166 cm³/mol. The highest BCUT2D eigenvalue weighted by Crippen LogP contribution is 2.67. The minimum absolute atomic E-state index is 0.0180. The Morgan fingerprint density at radius 1 is 0.857 bits per heavy atom. The Bertz CT molecular complexity index is 1000. The van der Waals surface area contributed by atoms with Crippen LogP contribution in [0.4, 0.5) is 0 Å². The summed E-state index contributed by atoms with van der Waals surface area (Å²) in [4.78, 5) is 28.1. The number of fused-ring (bicyclic) bond motifs is 5. The van der Waals surface area contributed by atoms with E-state index in [1.54, 1.807) is 6.92 Å². The number of carbonyl (C=O) groups excluding carboxylic acids is 2. The standard InChI is InChI=1S/C36H61N2O4/c1-24(2)34(40)42-32-21-26-13-14-27-28(36(26,5)23-30(32)37-17-9-7-10-18-37)15-16-35(4)29(27)22-31(33(35)41-25(3)39)38(6)19-11-8-12-20-38/h24,26-33H,7-23H2,1-6H3/q+1/t26-,27?,28?,29?,30-,31-,32-,33-,35-,36-/m0/s1. The van der Waals surface area contributed by atoms with Crippen molar-refractivity contribution in [1.82, 2.24) is 4.90 Å². The van der Waals surface area contributed by atoms with Crippen LogP contribution in [0.15, 0.2) is 0 Å². The van der Waals surface area contributed by atoms with Crippen molar-refractivity contribution < 1.29 is 23.5 Å². The van der Waals surface area contributed by atoms with Crippen molar-refractivity contribution in [2.45, 2.75) is 142 Å². The van der Waals surface area contributed by atoms with Gasteiger partial charge in [-0.25, -0.2) is 0 Å². The molecule has 0 aromatic carbocycles. The first-order chi connectivity index (χ1) is 20.0. The van der Waals surface area contributed by atoms with Crippen molar-refractivity contribution >= 4 is 11.9 Å². The van der Waals surface area contributed by atoms with Crippen molar-refractivity contribution in [3.8, 4) is 0 Å². The molecule has 42 heavy (non-hydrogen) atoms. The van der Waals surface area contributed by atoms with Crippen molar-refractivity contribution in [3.05, 3.63) is 0 Å². The average Bonchev–Trinajstić information content (AvgIpc) is 3.26. The van der Waals surface area contributed by atoms with E-state index in [0.29, 0.717) is 35.8 Å². The van der Waals surface area contributed by atoms with Crippen LogP contribution in [0, 0.1) is 40.4 Å². The number of piperidine rings is 2. The number of carbonyl (C=O) groups is 2. The lowest BCUT2D eigenvalue weighted by molar-refractivity contribution is -0.940. The summed E-state index contributed by atoms with van der Waals surface area (Å²) in [6, 6.07) is 0.782.